The molecule has 1 N–H and O–H groups in total. The molecular weight excluding hydrogens is 430 g/mol. The highest BCUT2D eigenvalue weighted by Gasteiger charge is 2.18. The summed E-state index contributed by atoms with van der Waals surface area (Å²) in [6, 6.07) is 39.7. The van der Waals surface area contributed by atoms with Crippen molar-refractivity contribution in [1.29, 1.82) is 0 Å². The molecule has 158 valence electrons. The number of aromatic nitrogens is 1. The van der Waals surface area contributed by atoms with E-state index in [0.29, 0.717) is 0 Å². The molecule has 0 bridgehead atoms. The number of hydrogen-bond donors (Lipinski definition) is 1. The number of fused-ring (bicyclic) bond motifs is 11. The summed E-state index contributed by atoms with van der Waals surface area (Å²) in [6.45, 7) is 0. The van der Waals surface area contributed by atoms with Crippen LogP contribution in [0.2, 0.25) is 0 Å². The Bertz CT molecular complexity index is 2070. The van der Waals surface area contributed by atoms with Crippen molar-refractivity contribution in [3.63, 3.8) is 0 Å². The van der Waals surface area contributed by atoms with Crippen molar-refractivity contribution in [3.8, 4) is 11.1 Å². The summed E-state index contributed by atoms with van der Waals surface area (Å²) in [7, 11) is 0. The molecule has 2 heteroatoms. The van der Waals surface area contributed by atoms with Crippen LogP contribution < -0.4 is 0 Å². The molecule has 0 atom stereocenters. The fourth-order valence-corrected chi connectivity index (χ4v) is 6.97. The van der Waals surface area contributed by atoms with Crippen molar-refractivity contribution in [2.75, 3.05) is 0 Å². The minimum atomic E-state index is 1.19. The van der Waals surface area contributed by atoms with Gasteiger partial charge in [-0.15, -0.1) is 11.3 Å². The van der Waals surface area contributed by atoms with E-state index in [2.05, 4.69) is 114 Å². The SMILES string of the molecule is c1ccc2c(-c3ccc4c(c3)[nH]c3c5ccccc5c5c6ccccc6sc5c43)cccc2c1. The molecule has 0 aliphatic rings. The Labute approximate surface area is 199 Å². The van der Waals surface area contributed by atoms with E-state index in [0.717, 1.165) is 0 Å². The van der Waals surface area contributed by atoms with Crippen LogP contribution in [-0.2, 0) is 0 Å². The molecule has 0 saturated carbocycles. The Hall–Kier alpha value is -4.14. The first-order valence-corrected chi connectivity index (χ1v) is 12.4. The van der Waals surface area contributed by atoms with Gasteiger partial charge in [0.2, 0.25) is 0 Å². The Kier molecular flexibility index (Phi) is 3.60. The number of rotatable bonds is 1. The summed E-state index contributed by atoms with van der Waals surface area (Å²) in [6.07, 6.45) is 0. The molecule has 0 aliphatic carbocycles. The first kappa shape index (κ1) is 18.3. The minimum absolute atomic E-state index is 1.19. The molecule has 6 aromatic carbocycles. The van der Waals surface area contributed by atoms with Gasteiger partial charge in [0, 0.05) is 41.8 Å². The van der Waals surface area contributed by atoms with E-state index in [1.807, 2.05) is 11.3 Å². The summed E-state index contributed by atoms with van der Waals surface area (Å²) in [4.78, 5) is 3.82. The van der Waals surface area contributed by atoms with Crippen molar-refractivity contribution in [2.45, 2.75) is 0 Å². The van der Waals surface area contributed by atoms with Crippen LogP contribution in [0.5, 0.6) is 0 Å². The summed E-state index contributed by atoms with van der Waals surface area (Å²) >= 11 is 1.91. The monoisotopic (exact) mass is 449 g/mol. The number of benzene rings is 6. The average molecular weight is 450 g/mol. The molecule has 0 spiro atoms. The molecule has 0 saturated heterocycles. The van der Waals surface area contributed by atoms with Gasteiger partial charge in [-0.2, -0.15) is 0 Å². The van der Waals surface area contributed by atoms with Gasteiger partial charge in [0.15, 0.2) is 0 Å². The molecular formula is C32H19NS. The molecule has 0 fully saturated rings. The molecule has 0 aliphatic heterocycles. The molecule has 8 rings (SSSR count). The quantitative estimate of drug-likeness (QED) is 0.257. The maximum Gasteiger partial charge on any atom is 0.0559 e. The van der Waals surface area contributed by atoms with Crippen LogP contribution in [0.4, 0.5) is 0 Å². The standard InChI is InChI=1S/C32H19NS/c1-2-10-21-19(8-1)9-7-14-22(21)20-16-17-25-27(18-20)33-31-24-12-4-3-11-23(24)29-26-13-5-6-15-28(26)34-32(29)30(25)31/h1-18,33H. The highest BCUT2D eigenvalue weighted by Crippen LogP contribution is 2.46. The first-order valence-electron chi connectivity index (χ1n) is 11.6. The second-order valence-electron chi connectivity index (χ2n) is 9.01. The second-order valence-corrected chi connectivity index (χ2v) is 10.1. The number of H-pyrrole nitrogens is 1. The van der Waals surface area contributed by atoms with Crippen molar-refractivity contribution in [2.24, 2.45) is 0 Å². The number of hydrogen-bond acceptors (Lipinski definition) is 1. The van der Waals surface area contributed by atoms with Gasteiger partial charge < -0.3 is 4.98 Å². The fourth-order valence-electron chi connectivity index (χ4n) is 5.69. The van der Waals surface area contributed by atoms with Crippen LogP contribution in [0.1, 0.15) is 0 Å². The molecule has 2 aromatic heterocycles. The van der Waals surface area contributed by atoms with Gasteiger partial charge in [-0.3, -0.25) is 0 Å². The molecule has 8 aromatic rings. The van der Waals surface area contributed by atoms with E-state index in [1.54, 1.807) is 0 Å². The summed E-state index contributed by atoms with van der Waals surface area (Å²) in [5.41, 5.74) is 4.94. The lowest BCUT2D eigenvalue weighted by molar-refractivity contribution is 1.56. The second kappa shape index (κ2) is 6.69. The van der Waals surface area contributed by atoms with E-state index in [1.165, 1.54) is 74.6 Å². The predicted molar refractivity (Wildman–Crippen MR) is 149 cm³/mol. The number of nitrogens with one attached hydrogen (secondary N) is 1. The third kappa shape index (κ3) is 2.38. The van der Waals surface area contributed by atoms with E-state index >= 15 is 0 Å². The number of thiophene rings is 1. The van der Waals surface area contributed by atoms with Crippen molar-refractivity contribution in [1.82, 2.24) is 4.98 Å². The molecule has 0 unspecified atom stereocenters. The van der Waals surface area contributed by atoms with Crippen molar-refractivity contribution in [3.05, 3.63) is 109 Å². The van der Waals surface area contributed by atoms with Gasteiger partial charge in [0.25, 0.3) is 0 Å². The molecule has 0 amide bonds. The van der Waals surface area contributed by atoms with E-state index in [4.69, 9.17) is 0 Å². The highest BCUT2D eigenvalue weighted by atomic mass is 32.1. The maximum atomic E-state index is 3.82. The van der Waals surface area contributed by atoms with Gasteiger partial charge in [-0.25, -0.2) is 0 Å². The topological polar surface area (TPSA) is 15.8 Å². The zero-order valence-corrected chi connectivity index (χ0v) is 19.1. The zero-order valence-electron chi connectivity index (χ0n) is 18.3. The maximum absolute atomic E-state index is 3.82. The van der Waals surface area contributed by atoms with Crippen LogP contribution in [-0.4, -0.2) is 4.98 Å². The smallest absolute Gasteiger partial charge is 0.0559 e. The molecule has 0 radical (unpaired) electrons. The largest absolute Gasteiger partial charge is 0.354 e. The fraction of sp³-hybridized carbons (Fsp3) is 0. The predicted octanol–water partition coefficient (Wildman–Crippen LogP) is 9.66. The van der Waals surface area contributed by atoms with E-state index < -0.39 is 0 Å². The van der Waals surface area contributed by atoms with Gasteiger partial charge in [-0.1, -0.05) is 97.1 Å². The lowest BCUT2D eigenvalue weighted by atomic mass is 9.96. The van der Waals surface area contributed by atoms with Crippen LogP contribution in [0, 0.1) is 0 Å². The van der Waals surface area contributed by atoms with E-state index in [-0.39, 0.29) is 0 Å². The third-order valence-corrected chi connectivity index (χ3v) is 8.38. The molecule has 34 heavy (non-hydrogen) atoms. The van der Waals surface area contributed by atoms with Gasteiger partial charge in [0.05, 0.1) is 5.52 Å². The van der Waals surface area contributed by atoms with Crippen molar-refractivity contribution < 1.29 is 0 Å². The lowest BCUT2D eigenvalue weighted by Crippen LogP contribution is -1.81. The van der Waals surface area contributed by atoms with Gasteiger partial charge >= 0.3 is 0 Å². The minimum Gasteiger partial charge on any atom is -0.354 e. The van der Waals surface area contributed by atoms with Gasteiger partial charge in [-0.05, 0) is 39.4 Å². The Balaban J connectivity index is 1.52. The Morgan fingerprint density at radius 3 is 2.18 bits per heavy atom. The van der Waals surface area contributed by atoms with Crippen molar-refractivity contribution >= 4 is 74.9 Å². The third-order valence-electron chi connectivity index (χ3n) is 7.19. The van der Waals surface area contributed by atoms with E-state index in [9.17, 15) is 0 Å². The van der Waals surface area contributed by atoms with Crippen LogP contribution in [0.25, 0.3) is 74.6 Å². The molecule has 1 nitrogen and oxygen atoms in total. The normalized spacial score (nSPS) is 12.1. The summed E-state index contributed by atoms with van der Waals surface area (Å²) in [5.74, 6) is 0. The average Bonchev–Trinajstić information content (AvgIpc) is 3.47. The van der Waals surface area contributed by atoms with Crippen LogP contribution in [0.3, 0.4) is 0 Å². The first-order chi connectivity index (χ1) is 16.9. The highest BCUT2D eigenvalue weighted by molar-refractivity contribution is 7.27. The van der Waals surface area contributed by atoms with Crippen LogP contribution >= 0.6 is 11.3 Å². The molecule has 2 heterocycles. The lowest BCUT2D eigenvalue weighted by Gasteiger charge is -2.07. The van der Waals surface area contributed by atoms with Crippen LogP contribution in [0.15, 0.2) is 109 Å². The summed E-state index contributed by atoms with van der Waals surface area (Å²) < 4.78 is 2.72. The Morgan fingerprint density at radius 1 is 0.529 bits per heavy atom. The summed E-state index contributed by atoms with van der Waals surface area (Å²) in [5, 5.41) is 10.5. The Morgan fingerprint density at radius 2 is 1.26 bits per heavy atom. The number of aromatic amines is 1. The van der Waals surface area contributed by atoms with Gasteiger partial charge in [0.1, 0.15) is 0 Å². The zero-order chi connectivity index (χ0) is 22.2.